The second kappa shape index (κ2) is 6.13. The molecule has 0 spiro atoms. The van der Waals surface area contributed by atoms with Crippen molar-refractivity contribution in [3.8, 4) is 0 Å². The van der Waals surface area contributed by atoms with Gasteiger partial charge in [-0.25, -0.2) is 8.78 Å². The predicted molar refractivity (Wildman–Crippen MR) is 74.6 cm³/mol. The van der Waals surface area contributed by atoms with Crippen LogP contribution in [0.15, 0.2) is 24.3 Å². The summed E-state index contributed by atoms with van der Waals surface area (Å²) in [5.74, 6) is 0. The van der Waals surface area contributed by atoms with Crippen molar-refractivity contribution < 1.29 is 8.78 Å². The molecule has 0 atom stereocenters. The zero-order valence-corrected chi connectivity index (χ0v) is 12.0. The molecule has 108 valence electrons. The van der Waals surface area contributed by atoms with E-state index >= 15 is 0 Å². The summed E-state index contributed by atoms with van der Waals surface area (Å²) in [5.41, 5.74) is 4.41. The molecule has 0 aliphatic heterocycles. The molecule has 0 unspecified atom stereocenters. The van der Waals surface area contributed by atoms with E-state index in [9.17, 15) is 8.78 Å². The minimum atomic E-state index is -2.40. The van der Waals surface area contributed by atoms with Gasteiger partial charge in [-0.3, -0.25) is 4.68 Å². The summed E-state index contributed by atoms with van der Waals surface area (Å²) in [7, 11) is 1.93. The van der Waals surface area contributed by atoms with Gasteiger partial charge in [0.15, 0.2) is 0 Å². The molecule has 1 N–H and O–H groups in total. The molecule has 1 aromatic heterocycles. The van der Waals surface area contributed by atoms with Crippen LogP contribution in [0.3, 0.4) is 0 Å². The Kier molecular flexibility index (Phi) is 4.49. The molecule has 20 heavy (non-hydrogen) atoms. The van der Waals surface area contributed by atoms with Gasteiger partial charge in [-0.1, -0.05) is 24.3 Å². The summed E-state index contributed by atoms with van der Waals surface area (Å²) in [6, 6.07) is 6.42. The highest BCUT2D eigenvalue weighted by atomic mass is 19.3. The van der Waals surface area contributed by atoms with Crippen molar-refractivity contribution in [3.05, 3.63) is 52.3 Å². The standard InChI is InChI=1S/C15H19F2N3/c1-10-14(11(2)20(3)19-10)9-18-8-12-4-6-13(7-5-12)15(16)17/h4-7,15,18H,8-9H2,1-3H3. The maximum Gasteiger partial charge on any atom is 0.263 e. The minimum absolute atomic E-state index is 0.0627. The van der Waals surface area contributed by atoms with Gasteiger partial charge in [0.1, 0.15) is 0 Å². The summed E-state index contributed by atoms with van der Waals surface area (Å²) in [5, 5.41) is 7.68. The molecule has 2 aromatic rings. The van der Waals surface area contributed by atoms with E-state index in [0.29, 0.717) is 6.54 Å². The van der Waals surface area contributed by atoms with Crippen molar-refractivity contribution >= 4 is 0 Å². The van der Waals surface area contributed by atoms with Crippen molar-refractivity contribution in [2.24, 2.45) is 7.05 Å². The number of rotatable bonds is 5. The lowest BCUT2D eigenvalue weighted by Gasteiger charge is -2.07. The largest absolute Gasteiger partial charge is 0.308 e. The Bertz CT molecular complexity index is 574. The fourth-order valence-corrected chi connectivity index (χ4v) is 2.19. The normalized spacial score (nSPS) is 11.3. The van der Waals surface area contributed by atoms with Crippen LogP contribution in [0.4, 0.5) is 8.78 Å². The summed E-state index contributed by atoms with van der Waals surface area (Å²) in [6.45, 7) is 5.40. The Morgan fingerprint density at radius 2 is 1.80 bits per heavy atom. The van der Waals surface area contributed by atoms with E-state index in [1.54, 1.807) is 12.1 Å². The molecule has 1 heterocycles. The van der Waals surface area contributed by atoms with E-state index in [2.05, 4.69) is 10.4 Å². The third kappa shape index (κ3) is 3.22. The highest BCUT2D eigenvalue weighted by molar-refractivity contribution is 5.25. The number of alkyl halides is 2. The number of nitrogens with one attached hydrogen (secondary N) is 1. The van der Waals surface area contributed by atoms with Gasteiger partial charge in [-0.2, -0.15) is 5.10 Å². The Morgan fingerprint density at radius 3 is 2.30 bits per heavy atom. The first-order chi connectivity index (χ1) is 9.49. The number of benzene rings is 1. The topological polar surface area (TPSA) is 29.9 Å². The zero-order valence-electron chi connectivity index (χ0n) is 12.0. The van der Waals surface area contributed by atoms with Crippen LogP contribution >= 0.6 is 0 Å². The molecule has 3 nitrogen and oxygen atoms in total. The van der Waals surface area contributed by atoms with Crippen LogP contribution in [0.5, 0.6) is 0 Å². The lowest BCUT2D eigenvalue weighted by Crippen LogP contribution is -2.14. The van der Waals surface area contributed by atoms with Gasteiger partial charge in [0, 0.05) is 37.0 Å². The lowest BCUT2D eigenvalue weighted by molar-refractivity contribution is 0.151. The van der Waals surface area contributed by atoms with Gasteiger partial charge in [0.25, 0.3) is 6.43 Å². The third-order valence-corrected chi connectivity index (χ3v) is 3.52. The first-order valence-corrected chi connectivity index (χ1v) is 6.56. The van der Waals surface area contributed by atoms with Gasteiger partial charge < -0.3 is 5.32 Å². The predicted octanol–water partition coefficient (Wildman–Crippen LogP) is 3.26. The second-order valence-electron chi connectivity index (χ2n) is 4.92. The third-order valence-electron chi connectivity index (χ3n) is 3.52. The van der Waals surface area contributed by atoms with Crippen molar-refractivity contribution in [1.29, 1.82) is 0 Å². The minimum Gasteiger partial charge on any atom is -0.308 e. The van der Waals surface area contributed by atoms with Crippen LogP contribution in [0.25, 0.3) is 0 Å². The fraction of sp³-hybridized carbons (Fsp3) is 0.400. The zero-order chi connectivity index (χ0) is 14.7. The van der Waals surface area contributed by atoms with E-state index in [4.69, 9.17) is 0 Å². The molecule has 1 aromatic carbocycles. The monoisotopic (exact) mass is 279 g/mol. The molecule has 2 rings (SSSR count). The maximum atomic E-state index is 12.4. The van der Waals surface area contributed by atoms with Gasteiger partial charge in [0.05, 0.1) is 5.69 Å². The Morgan fingerprint density at radius 1 is 1.15 bits per heavy atom. The van der Waals surface area contributed by atoms with Crippen molar-refractivity contribution in [2.75, 3.05) is 0 Å². The summed E-state index contributed by atoms with van der Waals surface area (Å²) < 4.78 is 26.7. The number of aryl methyl sites for hydroxylation is 2. The average Bonchev–Trinajstić information content (AvgIpc) is 2.65. The smallest absolute Gasteiger partial charge is 0.263 e. The molecule has 0 radical (unpaired) electrons. The quantitative estimate of drug-likeness (QED) is 0.910. The van der Waals surface area contributed by atoms with E-state index in [1.807, 2.05) is 25.6 Å². The Hall–Kier alpha value is -1.75. The Balaban J connectivity index is 1.92. The molecule has 0 saturated heterocycles. The van der Waals surface area contributed by atoms with Crippen LogP contribution in [0.1, 0.15) is 34.5 Å². The van der Waals surface area contributed by atoms with Crippen molar-refractivity contribution in [2.45, 2.75) is 33.4 Å². The van der Waals surface area contributed by atoms with E-state index < -0.39 is 6.43 Å². The van der Waals surface area contributed by atoms with Crippen LogP contribution in [-0.2, 0) is 20.1 Å². The molecule has 5 heteroatoms. The van der Waals surface area contributed by atoms with Crippen LogP contribution in [0.2, 0.25) is 0 Å². The van der Waals surface area contributed by atoms with Gasteiger partial charge >= 0.3 is 0 Å². The maximum absolute atomic E-state index is 12.4. The molecule has 0 bridgehead atoms. The van der Waals surface area contributed by atoms with Gasteiger partial charge in [-0.15, -0.1) is 0 Å². The number of halogens is 2. The summed E-state index contributed by atoms with van der Waals surface area (Å²) in [6.07, 6.45) is -2.40. The van der Waals surface area contributed by atoms with Gasteiger partial charge in [-0.05, 0) is 19.4 Å². The van der Waals surface area contributed by atoms with Crippen LogP contribution in [0, 0.1) is 13.8 Å². The number of nitrogens with zero attached hydrogens (tertiary/aromatic N) is 2. The lowest BCUT2D eigenvalue weighted by atomic mass is 10.1. The first kappa shape index (κ1) is 14.7. The van der Waals surface area contributed by atoms with E-state index in [1.165, 1.54) is 17.7 Å². The van der Waals surface area contributed by atoms with E-state index in [-0.39, 0.29) is 5.56 Å². The average molecular weight is 279 g/mol. The van der Waals surface area contributed by atoms with Gasteiger partial charge in [0.2, 0.25) is 0 Å². The highest BCUT2D eigenvalue weighted by Crippen LogP contribution is 2.18. The first-order valence-electron chi connectivity index (χ1n) is 6.56. The molecule has 0 aliphatic rings. The molecule has 0 amide bonds. The molecular weight excluding hydrogens is 260 g/mol. The highest BCUT2D eigenvalue weighted by Gasteiger charge is 2.09. The summed E-state index contributed by atoms with van der Waals surface area (Å²) in [4.78, 5) is 0. The SMILES string of the molecule is Cc1nn(C)c(C)c1CNCc1ccc(C(F)F)cc1. The number of hydrogen-bond acceptors (Lipinski definition) is 2. The number of hydrogen-bond donors (Lipinski definition) is 1. The second-order valence-corrected chi connectivity index (χ2v) is 4.92. The molecule has 0 fully saturated rings. The van der Waals surface area contributed by atoms with Crippen molar-refractivity contribution in [1.82, 2.24) is 15.1 Å². The van der Waals surface area contributed by atoms with Crippen LogP contribution in [-0.4, -0.2) is 9.78 Å². The Labute approximate surface area is 117 Å². The van der Waals surface area contributed by atoms with Crippen LogP contribution < -0.4 is 5.32 Å². The fourth-order valence-electron chi connectivity index (χ4n) is 2.19. The molecule has 0 aliphatic carbocycles. The van der Waals surface area contributed by atoms with E-state index in [0.717, 1.165) is 23.5 Å². The van der Waals surface area contributed by atoms with Crippen molar-refractivity contribution in [3.63, 3.8) is 0 Å². The number of aromatic nitrogens is 2. The summed E-state index contributed by atoms with van der Waals surface area (Å²) >= 11 is 0. The molecular formula is C15H19F2N3. The molecule has 0 saturated carbocycles.